The lowest BCUT2D eigenvalue weighted by Gasteiger charge is -2.46. The van der Waals surface area contributed by atoms with Gasteiger partial charge in [0.15, 0.2) is 0 Å². The molecule has 2 unspecified atom stereocenters. The Bertz CT molecular complexity index is 1290. The Kier molecular flexibility index (Phi) is 7.43. The van der Waals surface area contributed by atoms with Gasteiger partial charge in [0.1, 0.15) is 0 Å². The Morgan fingerprint density at radius 2 is 0.895 bits per heavy atom. The summed E-state index contributed by atoms with van der Waals surface area (Å²) in [6, 6.07) is 17.0. The Balaban J connectivity index is 1.90. The minimum Gasteiger partial charge on any atom is -0.366 e. The normalized spacial score (nSPS) is 19.1. The first-order valence-electron chi connectivity index (χ1n) is 11.8. The third kappa shape index (κ3) is 5.49. The predicted molar refractivity (Wildman–Crippen MR) is 141 cm³/mol. The minimum atomic E-state index is -0.871. The number of hydrogen-bond acceptors (Lipinski definition) is 6. The molecule has 2 aromatic rings. The summed E-state index contributed by atoms with van der Waals surface area (Å²) in [6.07, 6.45) is 5.75. The highest BCUT2D eigenvalue weighted by molar-refractivity contribution is 6.03. The van der Waals surface area contributed by atoms with Gasteiger partial charge < -0.3 is 32.7 Å². The van der Waals surface area contributed by atoms with Crippen LogP contribution in [0.5, 0.6) is 0 Å². The fourth-order valence-corrected chi connectivity index (χ4v) is 4.74. The van der Waals surface area contributed by atoms with Crippen molar-refractivity contribution in [3.63, 3.8) is 0 Å². The predicted octanol–water partition coefficient (Wildman–Crippen LogP) is 0.317. The fourth-order valence-electron chi connectivity index (χ4n) is 4.74. The van der Waals surface area contributed by atoms with E-state index in [1.54, 1.807) is 22.2 Å². The summed E-state index contributed by atoms with van der Waals surface area (Å²) in [6.45, 7) is 0.502. The third-order valence-electron chi connectivity index (χ3n) is 6.44. The first kappa shape index (κ1) is 26.0. The second kappa shape index (κ2) is 10.9. The second-order valence-corrected chi connectivity index (χ2v) is 9.03. The largest absolute Gasteiger partial charge is 0.366 e. The number of carbonyl (C=O) groups is 4. The smallest absolute Gasteiger partial charge is 0.250 e. The zero-order valence-corrected chi connectivity index (χ0v) is 20.5. The third-order valence-corrected chi connectivity index (χ3v) is 6.44. The number of carbonyl (C=O) groups excluding carboxylic acids is 4. The molecule has 0 fully saturated rings. The molecule has 2 heterocycles. The monoisotopic (exact) mass is 512 g/mol. The Morgan fingerprint density at radius 1 is 0.553 bits per heavy atom. The van der Waals surface area contributed by atoms with Gasteiger partial charge in [-0.1, -0.05) is 60.7 Å². The van der Waals surface area contributed by atoms with Crippen LogP contribution in [0.2, 0.25) is 0 Å². The van der Waals surface area contributed by atoms with Crippen molar-refractivity contribution in [2.75, 3.05) is 0 Å². The Morgan fingerprint density at radius 3 is 1.18 bits per heavy atom. The molecule has 194 valence electrons. The second-order valence-electron chi connectivity index (χ2n) is 9.03. The molecule has 0 bridgehead atoms. The van der Waals surface area contributed by atoms with Gasteiger partial charge in [0.25, 0.3) is 0 Å². The number of nitrogens with zero attached hydrogens (tertiary/aromatic N) is 2. The van der Waals surface area contributed by atoms with E-state index in [4.69, 9.17) is 22.9 Å². The van der Waals surface area contributed by atoms with Crippen LogP contribution < -0.4 is 22.9 Å². The van der Waals surface area contributed by atoms with Gasteiger partial charge in [0.2, 0.25) is 23.6 Å². The summed E-state index contributed by atoms with van der Waals surface area (Å²) in [5, 5.41) is 0. The maximum absolute atomic E-state index is 12.8. The molecule has 0 aromatic heterocycles. The van der Waals surface area contributed by atoms with Crippen LogP contribution in [0.25, 0.3) is 0 Å². The average molecular weight is 513 g/mol. The summed E-state index contributed by atoms with van der Waals surface area (Å²) >= 11 is 0. The molecule has 2 aliphatic heterocycles. The SMILES string of the molecule is NC(=O)C1=CN(Cc2ccccc2)C(C2C(C(N)=O)=CC(C(N)=O)=CN2Cc2ccccc2)C(C(N)=O)=C1. The summed E-state index contributed by atoms with van der Waals surface area (Å²) in [7, 11) is 0. The van der Waals surface area contributed by atoms with Gasteiger partial charge >= 0.3 is 0 Å². The first-order valence-corrected chi connectivity index (χ1v) is 11.8. The Labute approximate surface area is 219 Å². The number of rotatable bonds is 9. The van der Waals surface area contributed by atoms with Gasteiger partial charge in [-0.2, -0.15) is 0 Å². The topological polar surface area (TPSA) is 179 Å². The molecule has 2 atom stereocenters. The van der Waals surface area contributed by atoms with E-state index in [0.29, 0.717) is 0 Å². The zero-order chi connectivity index (χ0) is 27.4. The number of hydrogen-bond donors (Lipinski definition) is 4. The minimum absolute atomic E-state index is 0.0587. The van der Waals surface area contributed by atoms with Crippen LogP contribution >= 0.6 is 0 Å². The maximum atomic E-state index is 12.8. The summed E-state index contributed by atoms with van der Waals surface area (Å²) in [5.41, 5.74) is 24.8. The van der Waals surface area contributed by atoms with Crippen LogP contribution in [-0.2, 0) is 32.3 Å². The van der Waals surface area contributed by atoms with Gasteiger partial charge in [-0.25, -0.2) is 0 Å². The van der Waals surface area contributed by atoms with Gasteiger partial charge in [0, 0.05) is 36.6 Å². The molecule has 4 amide bonds. The fraction of sp³-hybridized carbons (Fsp3) is 0.143. The van der Waals surface area contributed by atoms with Gasteiger partial charge in [-0.05, 0) is 23.3 Å². The van der Waals surface area contributed by atoms with E-state index in [2.05, 4.69) is 0 Å². The van der Waals surface area contributed by atoms with Gasteiger partial charge in [-0.15, -0.1) is 0 Å². The summed E-state index contributed by atoms with van der Waals surface area (Å²) in [5.74, 6) is -3.08. The van der Waals surface area contributed by atoms with Crippen LogP contribution in [0.4, 0.5) is 0 Å². The highest BCUT2D eigenvalue weighted by Crippen LogP contribution is 2.34. The number of nitrogens with two attached hydrogens (primary N) is 4. The van der Waals surface area contributed by atoms with Crippen LogP contribution in [0.3, 0.4) is 0 Å². The van der Waals surface area contributed by atoms with Crippen LogP contribution in [0.15, 0.2) is 108 Å². The molecular formula is C28H28N6O4. The lowest BCUT2D eigenvalue weighted by atomic mass is 9.84. The molecule has 2 aliphatic rings. The quantitative estimate of drug-likeness (QED) is 0.376. The molecule has 4 rings (SSSR count). The molecule has 38 heavy (non-hydrogen) atoms. The maximum Gasteiger partial charge on any atom is 0.250 e. The van der Waals surface area contributed by atoms with Crippen LogP contribution in [0.1, 0.15) is 11.1 Å². The molecular weight excluding hydrogens is 484 g/mol. The molecule has 0 radical (unpaired) electrons. The highest BCUT2D eigenvalue weighted by Gasteiger charge is 2.43. The molecule has 0 spiro atoms. The van der Waals surface area contributed by atoms with E-state index < -0.39 is 35.7 Å². The zero-order valence-electron chi connectivity index (χ0n) is 20.5. The van der Waals surface area contributed by atoms with E-state index in [1.807, 2.05) is 60.7 Å². The van der Waals surface area contributed by atoms with Gasteiger partial charge in [0.05, 0.1) is 23.2 Å². The lowest BCUT2D eigenvalue weighted by molar-refractivity contribution is -0.117. The molecule has 10 heteroatoms. The average Bonchev–Trinajstić information content (AvgIpc) is 2.89. The van der Waals surface area contributed by atoms with E-state index in [0.717, 1.165) is 11.1 Å². The number of amides is 4. The number of primary amides is 4. The van der Waals surface area contributed by atoms with Crippen molar-refractivity contribution in [3.8, 4) is 0 Å². The van der Waals surface area contributed by atoms with Crippen LogP contribution in [0, 0.1) is 0 Å². The summed E-state index contributed by atoms with van der Waals surface area (Å²) < 4.78 is 0. The molecule has 0 saturated carbocycles. The van der Waals surface area contributed by atoms with Crippen molar-refractivity contribution in [2.24, 2.45) is 22.9 Å². The standard InChI is InChI=1S/C28H28N6O4/c29-25(35)19-11-21(27(31)37)23(33(15-19)13-17-7-3-1-4-8-17)24-22(28(32)38)12-20(26(30)36)16-34(24)14-18-9-5-2-6-10-18/h1-12,15-16,23-24H,13-14H2,(H2,29,35)(H2,30,36)(H2,31,37)(H2,32,38). The van der Waals surface area contributed by atoms with Crippen molar-refractivity contribution >= 4 is 23.6 Å². The van der Waals surface area contributed by atoms with Crippen molar-refractivity contribution in [1.82, 2.24) is 9.80 Å². The molecule has 10 nitrogen and oxygen atoms in total. The highest BCUT2D eigenvalue weighted by atomic mass is 16.2. The van der Waals surface area contributed by atoms with Crippen molar-refractivity contribution in [1.29, 1.82) is 0 Å². The number of benzene rings is 2. The summed E-state index contributed by atoms with van der Waals surface area (Å²) in [4.78, 5) is 53.4. The van der Waals surface area contributed by atoms with E-state index in [1.165, 1.54) is 12.2 Å². The Hall–Kier alpha value is -5.12. The van der Waals surface area contributed by atoms with E-state index >= 15 is 0 Å². The van der Waals surface area contributed by atoms with Gasteiger partial charge in [-0.3, -0.25) is 19.2 Å². The first-order chi connectivity index (χ1) is 18.2. The van der Waals surface area contributed by atoms with Crippen molar-refractivity contribution in [3.05, 3.63) is 119 Å². The van der Waals surface area contributed by atoms with Crippen molar-refractivity contribution in [2.45, 2.75) is 25.2 Å². The molecule has 8 N–H and O–H groups in total. The van der Waals surface area contributed by atoms with E-state index in [-0.39, 0.29) is 35.4 Å². The van der Waals surface area contributed by atoms with Crippen LogP contribution in [-0.4, -0.2) is 45.5 Å². The molecule has 0 saturated heterocycles. The lowest BCUT2D eigenvalue weighted by Crippen LogP contribution is -2.56. The van der Waals surface area contributed by atoms with Crippen molar-refractivity contribution < 1.29 is 19.2 Å². The molecule has 2 aromatic carbocycles. The van der Waals surface area contributed by atoms with E-state index in [9.17, 15) is 19.2 Å². The molecule has 0 aliphatic carbocycles.